The Bertz CT molecular complexity index is 1580. The lowest BCUT2D eigenvalue weighted by atomic mass is 10.1. The second kappa shape index (κ2) is 12.7. The summed E-state index contributed by atoms with van der Waals surface area (Å²) in [5.74, 6) is -3.18. The van der Waals surface area contributed by atoms with Gasteiger partial charge in [-0.1, -0.05) is 19.9 Å². The predicted molar refractivity (Wildman–Crippen MR) is 146 cm³/mol. The molecule has 0 aliphatic heterocycles. The van der Waals surface area contributed by atoms with E-state index in [2.05, 4.69) is 15.3 Å². The SMILES string of the molecule is CC(C)c1nc(-c2ccc(F)c(NS(=O)(=O)c3c(F)cccc3F)c2)c(-c2ccnc(NCCOCCO)n2)s1. The van der Waals surface area contributed by atoms with Gasteiger partial charge in [-0.05, 0) is 36.4 Å². The standard InChI is InChI=1S/C26H26F3N5O4S2/c1-15(2)25-33-22(23(39-25)20-8-9-30-26(32-20)31-10-12-38-13-11-35)16-6-7-17(27)21(14-16)34-40(36,37)24-18(28)4-3-5-19(24)29/h3-9,14-15,34-35H,10-13H2,1-2H3,(H,30,31,32). The highest BCUT2D eigenvalue weighted by molar-refractivity contribution is 7.92. The Morgan fingerprint density at radius 1 is 1.02 bits per heavy atom. The van der Waals surface area contributed by atoms with Crippen LogP contribution in [-0.2, 0) is 14.8 Å². The first-order valence-corrected chi connectivity index (χ1v) is 14.4. The number of nitrogens with zero attached hydrogens (tertiary/aromatic N) is 3. The summed E-state index contributed by atoms with van der Waals surface area (Å²) >= 11 is 1.37. The van der Waals surface area contributed by atoms with E-state index in [0.717, 1.165) is 29.3 Å². The molecule has 0 bridgehead atoms. The molecule has 2 aromatic carbocycles. The van der Waals surface area contributed by atoms with E-state index in [4.69, 9.17) is 14.8 Å². The minimum Gasteiger partial charge on any atom is -0.394 e. The number of aromatic nitrogens is 3. The number of halogens is 3. The highest BCUT2D eigenvalue weighted by Crippen LogP contribution is 2.39. The van der Waals surface area contributed by atoms with Crippen LogP contribution >= 0.6 is 11.3 Å². The van der Waals surface area contributed by atoms with E-state index in [9.17, 15) is 21.6 Å². The summed E-state index contributed by atoms with van der Waals surface area (Å²) in [6, 6.07) is 8.00. The highest BCUT2D eigenvalue weighted by Gasteiger charge is 2.26. The van der Waals surface area contributed by atoms with Gasteiger partial charge >= 0.3 is 0 Å². The molecule has 4 aromatic rings. The van der Waals surface area contributed by atoms with Gasteiger partial charge in [-0.2, -0.15) is 0 Å². The van der Waals surface area contributed by atoms with Gasteiger partial charge < -0.3 is 15.2 Å². The van der Waals surface area contributed by atoms with E-state index >= 15 is 0 Å². The maximum absolute atomic E-state index is 14.8. The van der Waals surface area contributed by atoms with Crippen LogP contribution in [-0.4, -0.2) is 54.8 Å². The number of hydrogen-bond acceptors (Lipinski definition) is 9. The largest absolute Gasteiger partial charge is 0.394 e. The van der Waals surface area contributed by atoms with Crippen molar-refractivity contribution in [2.75, 3.05) is 36.4 Å². The number of rotatable bonds is 12. The zero-order chi connectivity index (χ0) is 28.9. The van der Waals surface area contributed by atoms with Crippen LogP contribution in [0, 0.1) is 17.5 Å². The molecule has 0 radical (unpaired) electrons. The van der Waals surface area contributed by atoms with Crippen LogP contribution in [0.1, 0.15) is 24.8 Å². The maximum atomic E-state index is 14.8. The summed E-state index contributed by atoms with van der Waals surface area (Å²) in [6.45, 7) is 4.79. The first-order chi connectivity index (χ1) is 19.1. The second-order valence-electron chi connectivity index (χ2n) is 8.76. The average molecular weight is 594 g/mol. The Labute approximate surface area is 233 Å². The highest BCUT2D eigenvalue weighted by atomic mass is 32.2. The third-order valence-corrected chi connectivity index (χ3v) is 8.26. The molecule has 0 unspecified atom stereocenters. The number of anilines is 2. The molecule has 4 rings (SSSR count). The van der Waals surface area contributed by atoms with Gasteiger partial charge in [0, 0.05) is 24.2 Å². The van der Waals surface area contributed by atoms with Crippen LogP contribution in [0.3, 0.4) is 0 Å². The molecule has 0 fully saturated rings. The van der Waals surface area contributed by atoms with Crippen molar-refractivity contribution in [3.8, 4) is 21.8 Å². The Morgan fingerprint density at radius 2 is 1.77 bits per heavy atom. The van der Waals surface area contributed by atoms with Crippen LogP contribution in [0.25, 0.3) is 21.8 Å². The summed E-state index contributed by atoms with van der Waals surface area (Å²) in [6.07, 6.45) is 1.56. The molecule has 0 saturated carbocycles. The van der Waals surface area contributed by atoms with Crippen LogP contribution in [0.5, 0.6) is 0 Å². The van der Waals surface area contributed by atoms with Crippen molar-refractivity contribution in [1.82, 2.24) is 15.0 Å². The van der Waals surface area contributed by atoms with Gasteiger partial charge in [-0.15, -0.1) is 11.3 Å². The molecule has 2 aromatic heterocycles. The Balaban J connectivity index is 1.70. The monoisotopic (exact) mass is 593 g/mol. The zero-order valence-electron chi connectivity index (χ0n) is 21.5. The molecule has 0 saturated heterocycles. The Morgan fingerprint density at radius 3 is 2.48 bits per heavy atom. The number of sulfonamides is 1. The molecular weight excluding hydrogens is 567 g/mol. The predicted octanol–water partition coefficient (Wildman–Crippen LogP) is 5.03. The van der Waals surface area contributed by atoms with Gasteiger partial charge in [0.25, 0.3) is 10.0 Å². The van der Waals surface area contributed by atoms with Crippen molar-refractivity contribution in [2.45, 2.75) is 24.7 Å². The number of aliphatic hydroxyl groups is 1. The van der Waals surface area contributed by atoms with Crippen molar-refractivity contribution in [2.24, 2.45) is 0 Å². The quantitative estimate of drug-likeness (QED) is 0.195. The maximum Gasteiger partial charge on any atom is 0.267 e. The first-order valence-electron chi connectivity index (χ1n) is 12.1. The number of benzene rings is 2. The Kier molecular flexibility index (Phi) is 9.35. The van der Waals surface area contributed by atoms with Gasteiger partial charge in [0.1, 0.15) is 17.5 Å². The van der Waals surface area contributed by atoms with Crippen molar-refractivity contribution in [3.63, 3.8) is 0 Å². The van der Waals surface area contributed by atoms with Crippen molar-refractivity contribution in [1.29, 1.82) is 0 Å². The smallest absolute Gasteiger partial charge is 0.267 e. The fraction of sp³-hybridized carbons (Fsp3) is 0.269. The summed E-state index contributed by atoms with van der Waals surface area (Å²) < 4.78 is 75.9. The third-order valence-electron chi connectivity index (χ3n) is 5.46. The third kappa shape index (κ3) is 6.75. The molecule has 0 amide bonds. The minimum atomic E-state index is -4.80. The molecule has 212 valence electrons. The van der Waals surface area contributed by atoms with E-state index in [1.807, 2.05) is 18.6 Å². The van der Waals surface area contributed by atoms with Crippen LogP contribution in [0.4, 0.5) is 24.8 Å². The molecule has 40 heavy (non-hydrogen) atoms. The summed E-state index contributed by atoms with van der Waals surface area (Å²) in [4.78, 5) is 12.9. The van der Waals surface area contributed by atoms with E-state index in [-0.39, 0.29) is 19.1 Å². The molecule has 14 heteroatoms. The topological polar surface area (TPSA) is 126 Å². The van der Waals surface area contributed by atoms with Gasteiger partial charge in [-0.25, -0.2) is 36.5 Å². The van der Waals surface area contributed by atoms with Crippen LogP contribution in [0.2, 0.25) is 0 Å². The lowest BCUT2D eigenvalue weighted by Gasteiger charge is -2.12. The first kappa shape index (κ1) is 29.4. The van der Waals surface area contributed by atoms with E-state index in [1.165, 1.54) is 23.5 Å². The Hall–Kier alpha value is -3.59. The van der Waals surface area contributed by atoms with Crippen LogP contribution in [0.15, 0.2) is 53.6 Å². The summed E-state index contributed by atoms with van der Waals surface area (Å²) in [7, 11) is -4.80. The number of hydrogen-bond donors (Lipinski definition) is 3. The molecule has 2 heterocycles. The number of thiazole rings is 1. The average Bonchev–Trinajstić information content (AvgIpc) is 3.36. The van der Waals surface area contributed by atoms with Gasteiger partial charge in [0.05, 0.1) is 46.8 Å². The normalized spacial score (nSPS) is 11.7. The van der Waals surface area contributed by atoms with E-state index in [1.54, 1.807) is 12.3 Å². The van der Waals surface area contributed by atoms with Crippen molar-refractivity contribution < 1.29 is 31.4 Å². The fourth-order valence-electron chi connectivity index (χ4n) is 3.61. The van der Waals surface area contributed by atoms with Gasteiger partial charge in [-0.3, -0.25) is 4.72 Å². The molecule has 0 atom stereocenters. The second-order valence-corrected chi connectivity index (χ2v) is 11.4. The molecule has 0 spiro atoms. The van der Waals surface area contributed by atoms with Crippen molar-refractivity contribution in [3.05, 3.63) is 71.1 Å². The molecule has 0 aliphatic rings. The van der Waals surface area contributed by atoms with Gasteiger partial charge in [0.2, 0.25) is 5.95 Å². The number of ether oxygens (including phenoxy) is 1. The summed E-state index contributed by atoms with van der Waals surface area (Å²) in [5.41, 5.74) is 0.796. The van der Waals surface area contributed by atoms with Crippen LogP contribution < -0.4 is 10.0 Å². The molecular formula is C26H26F3N5O4S2. The lowest BCUT2D eigenvalue weighted by Crippen LogP contribution is -2.17. The number of aliphatic hydroxyl groups excluding tert-OH is 1. The molecule has 0 aliphatic carbocycles. The molecule has 9 nitrogen and oxygen atoms in total. The fourth-order valence-corrected chi connectivity index (χ4v) is 5.87. The van der Waals surface area contributed by atoms with E-state index in [0.29, 0.717) is 40.9 Å². The van der Waals surface area contributed by atoms with Gasteiger partial charge in [0.15, 0.2) is 4.90 Å². The molecule has 3 N–H and O–H groups in total. The van der Waals surface area contributed by atoms with Crippen molar-refractivity contribution >= 4 is 33.0 Å². The zero-order valence-corrected chi connectivity index (χ0v) is 23.1. The lowest BCUT2D eigenvalue weighted by molar-refractivity contribution is 0.0991. The van der Waals surface area contributed by atoms with E-state index < -0.39 is 38.1 Å². The summed E-state index contributed by atoms with van der Waals surface area (Å²) in [5, 5.41) is 12.6. The number of nitrogens with one attached hydrogen (secondary N) is 2. The minimum absolute atomic E-state index is 0.0445.